The lowest BCUT2D eigenvalue weighted by molar-refractivity contribution is -0.0900. The highest BCUT2D eigenvalue weighted by Gasteiger charge is 2.43. The van der Waals surface area contributed by atoms with Crippen LogP contribution in [0, 0.1) is 0 Å². The number of hydrogen-bond acceptors (Lipinski definition) is 3. The van der Waals surface area contributed by atoms with Crippen LogP contribution in [0.25, 0.3) is 0 Å². The maximum atomic E-state index is 6.41. The predicted molar refractivity (Wildman–Crippen MR) is 80.2 cm³/mol. The van der Waals surface area contributed by atoms with Crippen molar-refractivity contribution < 1.29 is 4.74 Å². The van der Waals surface area contributed by atoms with E-state index in [9.17, 15) is 0 Å². The summed E-state index contributed by atoms with van der Waals surface area (Å²) >= 11 is 3.68. The first-order valence-corrected chi connectivity index (χ1v) is 7.92. The van der Waals surface area contributed by atoms with E-state index in [1.807, 2.05) is 0 Å². The molecular formula is C14H24BrN3O. The number of methoxy groups -OCH3 is 1. The molecule has 4 nitrogen and oxygen atoms in total. The van der Waals surface area contributed by atoms with Gasteiger partial charge in [-0.25, -0.2) is 0 Å². The van der Waals surface area contributed by atoms with Gasteiger partial charge in [-0.2, -0.15) is 5.10 Å². The monoisotopic (exact) mass is 329 g/mol. The van der Waals surface area contributed by atoms with Gasteiger partial charge >= 0.3 is 0 Å². The summed E-state index contributed by atoms with van der Waals surface area (Å²) in [6.07, 6.45) is 5.11. The van der Waals surface area contributed by atoms with Crippen LogP contribution in [0.1, 0.15) is 44.5 Å². The van der Waals surface area contributed by atoms with Crippen molar-refractivity contribution in [1.82, 2.24) is 9.78 Å². The molecule has 1 aliphatic carbocycles. The van der Waals surface area contributed by atoms with Gasteiger partial charge in [-0.1, -0.05) is 6.92 Å². The molecule has 2 rings (SSSR count). The Labute approximate surface area is 123 Å². The maximum absolute atomic E-state index is 6.41. The Morgan fingerprint density at radius 2 is 2.16 bits per heavy atom. The van der Waals surface area contributed by atoms with Crippen LogP contribution in [0.5, 0.6) is 0 Å². The molecule has 0 amide bonds. The second kappa shape index (κ2) is 5.94. The molecule has 1 saturated carbocycles. The number of ether oxygens (including phenoxy) is 1. The Bertz CT molecular complexity index is 435. The Morgan fingerprint density at radius 1 is 1.47 bits per heavy atom. The molecular weight excluding hydrogens is 306 g/mol. The molecule has 1 fully saturated rings. The number of nitrogens with two attached hydrogens (primary N) is 1. The number of hydrogen-bond donors (Lipinski definition) is 1. The van der Waals surface area contributed by atoms with E-state index in [0.717, 1.165) is 42.4 Å². The summed E-state index contributed by atoms with van der Waals surface area (Å²) in [6, 6.07) is 0.0363. The molecule has 1 aromatic rings. The molecule has 1 unspecified atom stereocenters. The van der Waals surface area contributed by atoms with Crippen molar-refractivity contribution in [2.45, 2.75) is 64.1 Å². The Kier molecular flexibility index (Phi) is 4.69. The first kappa shape index (κ1) is 15.0. The zero-order valence-corrected chi connectivity index (χ0v) is 13.7. The molecule has 1 aliphatic rings. The molecule has 19 heavy (non-hydrogen) atoms. The third-order valence-electron chi connectivity index (χ3n) is 4.39. The van der Waals surface area contributed by atoms with Gasteiger partial charge < -0.3 is 10.5 Å². The lowest BCUT2D eigenvalue weighted by Crippen LogP contribution is -2.55. The molecule has 0 aliphatic heterocycles. The van der Waals surface area contributed by atoms with Crippen LogP contribution >= 0.6 is 15.9 Å². The van der Waals surface area contributed by atoms with Crippen LogP contribution < -0.4 is 5.73 Å². The predicted octanol–water partition coefficient (Wildman–Crippen LogP) is 2.67. The average molecular weight is 330 g/mol. The van der Waals surface area contributed by atoms with E-state index in [1.54, 1.807) is 7.11 Å². The molecule has 108 valence electrons. The molecule has 0 spiro atoms. The van der Waals surface area contributed by atoms with Crippen LogP contribution in [0.2, 0.25) is 0 Å². The van der Waals surface area contributed by atoms with Crippen LogP contribution in [-0.2, 0) is 24.1 Å². The summed E-state index contributed by atoms with van der Waals surface area (Å²) < 4.78 is 8.87. The largest absolute Gasteiger partial charge is 0.377 e. The molecule has 0 bridgehead atoms. The highest BCUT2D eigenvalue weighted by molar-refractivity contribution is 9.10. The topological polar surface area (TPSA) is 53.1 Å². The van der Waals surface area contributed by atoms with Gasteiger partial charge in [0, 0.05) is 26.1 Å². The highest BCUT2D eigenvalue weighted by Crippen LogP contribution is 2.39. The molecule has 1 atom stereocenters. The average Bonchev–Trinajstić information content (AvgIpc) is 2.65. The van der Waals surface area contributed by atoms with Gasteiger partial charge in [0.05, 0.1) is 21.5 Å². The fraction of sp³-hybridized carbons (Fsp3) is 0.786. The molecule has 0 radical (unpaired) electrons. The van der Waals surface area contributed by atoms with Crippen LogP contribution in [0.3, 0.4) is 0 Å². The van der Waals surface area contributed by atoms with E-state index >= 15 is 0 Å². The van der Waals surface area contributed by atoms with Gasteiger partial charge in [0.25, 0.3) is 0 Å². The van der Waals surface area contributed by atoms with Crippen molar-refractivity contribution in [3.05, 3.63) is 15.9 Å². The fourth-order valence-corrected chi connectivity index (χ4v) is 3.58. The molecule has 2 N–H and O–H groups in total. The zero-order chi connectivity index (χ0) is 14.0. The van der Waals surface area contributed by atoms with Gasteiger partial charge in [-0.3, -0.25) is 4.68 Å². The van der Waals surface area contributed by atoms with Gasteiger partial charge in [0.2, 0.25) is 0 Å². The quantitative estimate of drug-likeness (QED) is 0.872. The third-order valence-corrected chi connectivity index (χ3v) is 5.30. The first-order valence-electron chi connectivity index (χ1n) is 7.12. The van der Waals surface area contributed by atoms with Crippen molar-refractivity contribution in [3.63, 3.8) is 0 Å². The minimum Gasteiger partial charge on any atom is -0.377 e. The van der Waals surface area contributed by atoms with E-state index in [-0.39, 0.29) is 11.6 Å². The summed E-state index contributed by atoms with van der Waals surface area (Å²) in [5.41, 5.74) is 8.62. The SMILES string of the molecule is CCc1nn(CC)c(CC(N)C2(OC)CCC2)c1Br. The standard InChI is InChI=1S/C14H24BrN3O/c1-4-10-13(15)11(18(5-2)17-10)9-12(16)14(19-3)7-6-8-14/h12H,4-9,16H2,1-3H3. The van der Waals surface area contributed by atoms with Crippen LogP contribution in [0.4, 0.5) is 0 Å². The summed E-state index contributed by atoms with van der Waals surface area (Å²) in [5, 5.41) is 4.62. The lowest BCUT2D eigenvalue weighted by Gasteiger charge is -2.45. The van der Waals surface area contributed by atoms with E-state index in [2.05, 4.69) is 39.6 Å². The summed E-state index contributed by atoms with van der Waals surface area (Å²) in [4.78, 5) is 0. The number of halogens is 1. The van der Waals surface area contributed by atoms with E-state index in [0.29, 0.717) is 0 Å². The van der Waals surface area contributed by atoms with Crippen molar-refractivity contribution >= 4 is 15.9 Å². The first-order chi connectivity index (χ1) is 9.07. The van der Waals surface area contributed by atoms with Crippen molar-refractivity contribution in [2.24, 2.45) is 5.73 Å². The minimum atomic E-state index is -0.116. The van der Waals surface area contributed by atoms with E-state index < -0.39 is 0 Å². The molecule has 1 aromatic heterocycles. The molecule has 1 heterocycles. The van der Waals surface area contributed by atoms with Crippen molar-refractivity contribution in [1.29, 1.82) is 0 Å². The van der Waals surface area contributed by atoms with Crippen LogP contribution in [-0.4, -0.2) is 28.5 Å². The number of aromatic nitrogens is 2. The second-order valence-electron chi connectivity index (χ2n) is 5.31. The number of nitrogens with zero attached hydrogens (tertiary/aromatic N) is 2. The number of aryl methyl sites for hydroxylation is 2. The maximum Gasteiger partial charge on any atom is 0.0832 e. The van der Waals surface area contributed by atoms with E-state index in [4.69, 9.17) is 10.5 Å². The smallest absolute Gasteiger partial charge is 0.0832 e. The summed E-state index contributed by atoms with van der Waals surface area (Å²) in [5.74, 6) is 0. The normalized spacial score (nSPS) is 19.2. The summed E-state index contributed by atoms with van der Waals surface area (Å²) in [6.45, 7) is 5.11. The van der Waals surface area contributed by atoms with Crippen LogP contribution in [0.15, 0.2) is 4.47 Å². The van der Waals surface area contributed by atoms with Gasteiger partial charge in [0.15, 0.2) is 0 Å². The Hall–Kier alpha value is -0.390. The molecule has 0 saturated heterocycles. The van der Waals surface area contributed by atoms with Crippen molar-refractivity contribution in [2.75, 3.05) is 7.11 Å². The lowest BCUT2D eigenvalue weighted by atomic mass is 9.73. The number of rotatable bonds is 6. The van der Waals surface area contributed by atoms with Gasteiger partial charge in [0.1, 0.15) is 0 Å². The van der Waals surface area contributed by atoms with Gasteiger partial charge in [-0.15, -0.1) is 0 Å². The van der Waals surface area contributed by atoms with Crippen molar-refractivity contribution in [3.8, 4) is 0 Å². The van der Waals surface area contributed by atoms with Gasteiger partial charge in [-0.05, 0) is 48.5 Å². The highest BCUT2D eigenvalue weighted by atomic mass is 79.9. The Balaban J connectivity index is 2.20. The minimum absolute atomic E-state index is 0.0363. The molecule has 0 aromatic carbocycles. The summed E-state index contributed by atoms with van der Waals surface area (Å²) in [7, 11) is 1.78. The van der Waals surface area contributed by atoms with E-state index in [1.165, 1.54) is 12.1 Å². The second-order valence-corrected chi connectivity index (χ2v) is 6.10. The Morgan fingerprint density at radius 3 is 2.58 bits per heavy atom. The third kappa shape index (κ3) is 2.60. The fourth-order valence-electron chi connectivity index (χ4n) is 2.86. The zero-order valence-electron chi connectivity index (χ0n) is 12.1. The molecule has 5 heteroatoms.